The zero-order valence-corrected chi connectivity index (χ0v) is 15.3. The van der Waals surface area contributed by atoms with E-state index >= 15 is 0 Å². The van der Waals surface area contributed by atoms with E-state index in [4.69, 9.17) is 4.74 Å². The van der Waals surface area contributed by atoms with Crippen LogP contribution in [0.4, 0.5) is 0 Å². The van der Waals surface area contributed by atoms with E-state index in [0.29, 0.717) is 12.5 Å². The molecule has 1 atom stereocenters. The predicted molar refractivity (Wildman–Crippen MR) is 102 cm³/mol. The highest BCUT2D eigenvalue weighted by Gasteiger charge is 2.28. The molecule has 0 aliphatic carbocycles. The van der Waals surface area contributed by atoms with Gasteiger partial charge in [-0.3, -0.25) is 4.90 Å². The van der Waals surface area contributed by atoms with Crippen LogP contribution in [0, 0.1) is 0 Å². The lowest BCUT2D eigenvalue weighted by molar-refractivity contribution is -0.0584. The summed E-state index contributed by atoms with van der Waals surface area (Å²) in [5.74, 6) is 0.328. The Morgan fingerprint density at radius 1 is 1.04 bits per heavy atom. The highest BCUT2D eigenvalue weighted by Crippen LogP contribution is 2.31. The molecule has 1 heterocycles. The molecule has 0 unspecified atom stereocenters. The number of β-amino-alcohol motifs (C(OH)–C–C–N with tert-alkyl or cyclic N) is 1. The van der Waals surface area contributed by atoms with Crippen LogP contribution in [0.15, 0.2) is 60.7 Å². The van der Waals surface area contributed by atoms with Crippen LogP contribution in [0.5, 0.6) is 0 Å². The van der Waals surface area contributed by atoms with Crippen molar-refractivity contribution in [3.8, 4) is 0 Å². The van der Waals surface area contributed by atoms with Crippen LogP contribution in [0.1, 0.15) is 37.3 Å². The van der Waals surface area contributed by atoms with Gasteiger partial charge in [0.15, 0.2) is 0 Å². The van der Waals surface area contributed by atoms with Crippen LogP contribution in [0.2, 0.25) is 0 Å². The molecule has 0 amide bonds. The van der Waals surface area contributed by atoms with Gasteiger partial charge in [-0.05, 0) is 31.4 Å². The second kappa shape index (κ2) is 8.13. The fraction of sp³-hybridized carbons (Fsp3) is 0.455. The second-order valence-corrected chi connectivity index (χ2v) is 7.65. The lowest BCUT2D eigenvalue weighted by atomic mass is 9.86. The number of nitrogens with zero attached hydrogens (tertiary/aromatic N) is 1. The minimum absolute atomic E-state index is 0.182. The van der Waals surface area contributed by atoms with Crippen molar-refractivity contribution in [3.63, 3.8) is 0 Å². The van der Waals surface area contributed by atoms with Crippen molar-refractivity contribution in [3.05, 3.63) is 71.8 Å². The van der Waals surface area contributed by atoms with E-state index in [1.54, 1.807) is 0 Å². The molecule has 1 N–H and O–H groups in total. The summed E-state index contributed by atoms with van der Waals surface area (Å²) in [7, 11) is 0. The molecule has 25 heavy (non-hydrogen) atoms. The maximum Gasteiger partial charge on any atom is 0.0718 e. The summed E-state index contributed by atoms with van der Waals surface area (Å²) in [5, 5.41) is 10.1. The molecule has 0 aromatic heterocycles. The van der Waals surface area contributed by atoms with Crippen molar-refractivity contribution in [2.75, 3.05) is 26.2 Å². The molecule has 1 saturated heterocycles. The number of benzene rings is 2. The average molecular weight is 339 g/mol. The molecule has 3 nitrogen and oxygen atoms in total. The summed E-state index contributed by atoms with van der Waals surface area (Å²) >= 11 is 0. The van der Waals surface area contributed by atoms with E-state index in [-0.39, 0.29) is 6.10 Å². The van der Waals surface area contributed by atoms with Crippen molar-refractivity contribution in [1.29, 1.82) is 0 Å². The summed E-state index contributed by atoms with van der Waals surface area (Å²) in [6.07, 6.45) is 1.14. The first-order valence-electron chi connectivity index (χ1n) is 9.17. The van der Waals surface area contributed by atoms with E-state index in [0.717, 1.165) is 26.1 Å². The van der Waals surface area contributed by atoms with Crippen LogP contribution in [-0.2, 0) is 4.74 Å². The highest BCUT2D eigenvalue weighted by molar-refractivity contribution is 5.32. The van der Waals surface area contributed by atoms with Crippen molar-refractivity contribution in [1.82, 2.24) is 4.90 Å². The van der Waals surface area contributed by atoms with Crippen LogP contribution >= 0.6 is 0 Å². The molecule has 1 fully saturated rings. The summed E-state index contributed by atoms with van der Waals surface area (Å²) < 4.78 is 6.07. The maximum absolute atomic E-state index is 10.1. The van der Waals surface area contributed by atoms with Gasteiger partial charge in [-0.1, -0.05) is 60.7 Å². The fourth-order valence-corrected chi connectivity index (χ4v) is 3.71. The number of morpholine rings is 1. The average Bonchev–Trinajstić information content (AvgIpc) is 2.60. The quantitative estimate of drug-likeness (QED) is 0.871. The van der Waals surface area contributed by atoms with E-state index in [2.05, 4.69) is 65.6 Å². The lowest BCUT2D eigenvalue weighted by Gasteiger charge is -2.37. The standard InChI is InChI=1S/C22H29NO2/c1-22(2,24)17-23-13-14-25-20(16-23)15-21(18-9-5-3-6-10-18)19-11-7-4-8-12-19/h3-12,20-21,24H,13-17H2,1-2H3/t20-/m1/s1. The molecule has 134 valence electrons. The van der Waals surface area contributed by atoms with Crippen molar-refractivity contribution >= 4 is 0 Å². The zero-order valence-electron chi connectivity index (χ0n) is 15.3. The van der Waals surface area contributed by atoms with E-state index in [1.165, 1.54) is 11.1 Å². The third-order valence-corrected chi connectivity index (χ3v) is 4.74. The van der Waals surface area contributed by atoms with Gasteiger partial charge in [-0.2, -0.15) is 0 Å². The van der Waals surface area contributed by atoms with Crippen LogP contribution in [-0.4, -0.2) is 48.0 Å². The first-order chi connectivity index (χ1) is 12.0. The van der Waals surface area contributed by atoms with Gasteiger partial charge in [0.25, 0.3) is 0 Å². The van der Waals surface area contributed by atoms with E-state index in [9.17, 15) is 5.11 Å². The first kappa shape index (κ1) is 18.1. The summed E-state index contributed by atoms with van der Waals surface area (Å²) in [5.41, 5.74) is 1.99. The maximum atomic E-state index is 10.1. The number of ether oxygens (including phenoxy) is 1. The highest BCUT2D eigenvalue weighted by atomic mass is 16.5. The molecule has 0 spiro atoms. The molecule has 3 rings (SSSR count). The molecule has 0 bridgehead atoms. The monoisotopic (exact) mass is 339 g/mol. The van der Waals surface area contributed by atoms with Crippen molar-refractivity contribution in [2.45, 2.75) is 37.9 Å². The van der Waals surface area contributed by atoms with Gasteiger partial charge in [0.1, 0.15) is 0 Å². The number of rotatable bonds is 6. The molecule has 1 aliphatic heterocycles. The first-order valence-corrected chi connectivity index (χ1v) is 9.17. The molecular weight excluding hydrogens is 310 g/mol. The number of hydrogen-bond donors (Lipinski definition) is 1. The Morgan fingerprint density at radius 3 is 2.12 bits per heavy atom. The van der Waals surface area contributed by atoms with Gasteiger partial charge in [0, 0.05) is 25.6 Å². The van der Waals surface area contributed by atoms with Gasteiger partial charge < -0.3 is 9.84 Å². The predicted octanol–water partition coefficient (Wildman–Crippen LogP) is 3.68. The molecule has 1 aliphatic rings. The zero-order chi connectivity index (χ0) is 17.7. The second-order valence-electron chi connectivity index (χ2n) is 7.65. The Labute approximate surface area is 151 Å². The molecule has 0 radical (unpaired) electrons. The van der Waals surface area contributed by atoms with Crippen LogP contribution in [0.3, 0.4) is 0 Å². The molecule has 3 heteroatoms. The lowest BCUT2D eigenvalue weighted by Crippen LogP contribution is -2.48. The van der Waals surface area contributed by atoms with Gasteiger partial charge >= 0.3 is 0 Å². The Balaban J connectivity index is 1.74. The van der Waals surface area contributed by atoms with Crippen molar-refractivity contribution < 1.29 is 9.84 Å². The Kier molecular flexibility index (Phi) is 5.89. The van der Waals surface area contributed by atoms with Gasteiger partial charge in [-0.15, -0.1) is 0 Å². The van der Waals surface area contributed by atoms with Crippen LogP contribution < -0.4 is 0 Å². The van der Waals surface area contributed by atoms with Crippen molar-refractivity contribution in [2.24, 2.45) is 0 Å². The largest absolute Gasteiger partial charge is 0.389 e. The van der Waals surface area contributed by atoms with Gasteiger partial charge in [-0.25, -0.2) is 0 Å². The minimum Gasteiger partial charge on any atom is -0.389 e. The normalized spacial score (nSPS) is 19.3. The third kappa shape index (κ3) is 5.40. The van der Waals surface area contributed by atoms with Gasteiger partial charge in [0.2, 0.25) is 0 Å². The molecule has 2 aromatic rings. The summed E-state index contributed by atoms with van der Waals surface area (Å²) in [6.45, 7) is 6.93. The molecule has 2 aromatic carbocycles. The Morgan fingerprint density at radius 2 is 1.60 bits per heavy atom. The molecular formula is C22H29NO2. The SMILES string of the molecule is CC(C)(O)CN1CCO[C@H](CC(c2ccccc2)c2ccccc2)C1. The Hall–Kier alpha value is -1.68. The third-order valence-electron chi connectivity index (χ3n) is 4.74. The summed E-state index contributed by atoms with van der Waals surface area (Å²) in [4.78, 5) is 2.32. The minimum atomic E-state index is -0.667. The van der Waals surface area contributed by atoms with E-state index in [1.807, 2.05) is 13.8 Å². The summed E-state index contributed by atoms with van der Waals surface area (Å²) in [6, 6.07) is 21.4. The topological polar surface area (TPSA) is 32.7 Å². The van der Waals surface area contributed by atoms with Gasteiger partial charge in [0.05, 0.1) is 18.3 Å². The molecule has 0 saturated carbocycles. The Bertz CT molecular complexity index is 597. The number of aliphatic hydroxyl groups is 1. The smallest absolute Gasteiger partial charge is 0.0718 e. The fourth-order valence-electron chi connectivity index (χ4n) is 3.71. The number of hydrogen-bond acceptors (Lipinski definition) is 3. The van der Waals surface area contributed by atoms with E-state index < -0.39 is 5.60 Å². The van der Waals surface area contributed by atoms with Crippen LogP contribution in [0.25, 0.3) is 0 Å².